The molecular formula is C52H56B2N4O2. The van der Waals surface area contributed by atoms with Crippen molar-refractivity contribution < 1.29 is 9.90 Å². The minimum Gasteiger partial charge on any atom is -0.506 e. The third-order valence-corrected chi connectivity index (χ3v) is 12.9. The molecule has 0 aromatic heterocycles. The number of aliphatic hydroxyl groups is 1. The van der Waals surface area contributed by atoms with Crippen LogP contribution in [0.3, 0.4) is 0 Å². The Kier molecular flexibility index (Phi) is 11.8. The topological polar surface area (TPSA) is 85.8 Å². The molecule has 6 nitrogen and oxygen atoms in total. The second-order valence-electron chi connectivity index (χ2n) is 17.1. The van der Waals surface area contributed by atoms with Crippen LogP contribution >= 0.6 is 0 Å². The van der Waals surface area contributed by atoms with Crippen LogP contribution in [0.5, 0.6) is 0 Å². The third-order valence-electron chi connectivity index (χ3n) is 12.9. The molecule has 6 aromatic rings. The Balaban J connectivity index is 1.02. The van der Waals surface area contributed by atoms with Gasteiger partial charge in [0.15, 0.2) is 0 Å². The van der Waals surface area contributed by atoms with Crippen LogP contribution in [0.15, 0.2) is 120 Å². The minimum absolute atomic E-state index is 0.0152. The number of nitrogens with one attached hydrogen (secondary N) is 3. The first-order chi connectivity index (χ1) is 29.5. The molecule has 60 heavy (non-hydrogen) atoms. The molecule has 0 atom stereocenters. The quantitative estimate of drug-likeness (QED) is 0.0546. The zero-order chi connectivity index (χ0) is 41.0. The van der Waals surface area contributed by atoms with E-state index in [1.165, 1.54) is 88.2 Å². The van der Waals surface area contributed by atoms with E-state index in [9.17, 15) is 9.90 Å². The first-order valence-electron chi connectivity index (χ1n) is 22.7. The molecule has 302 valence electrons. The molecule has 0 fully saturated rings. The molecule has 0 bridgehead atoms. The van der Waals surface area contributed by atoms with Gasteiger partial charge in [-0.15, -0.1) is 0 Å². The van der Waals surface area contributed by atoms with Crippen molar-refractivity contribution in [1.29, 1.82) is 0 Å². The van der Waals surface area contributed by atoms with Crippen molar-refractivity contribution in [2.24, 2.45) is 4.90 Å². The Labute approximate surface area is 355 Å². The Hall–Kier alpha value is -5.75. The number of aliphatic hydroxyl groups excluding tert-OH is 1. The summed E-state index contributed by atoms with van der Waals surface area (Å²) >= 11 is 0. The number of anilines is 3. The highest BCUT2D eigenvalue weighted by molar-refractivity contribution is 6.80. The minimum atomic E-state index is -0.324. The standard InChI is InChI=1S/C52H56B2N4O2/c1-3-5-7-9-11-13-17-35-23-29-39(30-24-35)53-55-43-21-15-19-37-27-33-41(49(57-53)45(37)43)47-51(59)48(52(47)60)42-34-28-38-20-16-22-44-46(38)50(42)58-54(56-44)40-31-25-36(26-32-40)18-14-12-10-8-6-4-2/h15-16,19-34,55-57,59H,3-14,17-18H2,1-2H3/b48-42+. The molecule has 0 radical (unpaired) electrons. The average Bonchev–Trinajstić information content (AvgIpc) is 3.28. The fourth-order valence-electron chi connectivity index (χ4n) is 9.51. The van der Waals surface area contributed by atoms with Gasteiger partial charge in [-0.25, -0.2) is 0 Å². The summed E-state index contributed by atoms with van der Waals surface area (Å²) in [7, 11) is 0. The number of aryl methyl sites for hydroxylation is 2. The Morgan fingerprint density at radius 1 is 0.550 bits per heavy atom. The largest absolute Gasteiger partial charge is 0.506 e. The number of ketones is 1. The predicted molar refractivity (Wildman–Crippen MR) is 255 cm³/mol. The van der Waals surface area contributed by atoms with Gasteiger partial charge in [-0.3, -0.25) is 4.79 Å². The highest BCUT2D eigenvalue weighted by atomic mass is 16.3. The van der Waals surface area contributed by atoms with Gasteiger partial charge in [0.2, 0.25) is 5.78 Å². The van der Waals surface area contributed by atoms with E-state index in [1.54, 1.807) is 0 Å². The first-order valence-corrected chi connectivity index (χ1v) is 22.7. The summed E-state index contributed by atoms with van der Waals surface area (Å²) in [6.07, 6.45) is 17.6. The summed E-state index contributed by atoms with van der Waals surface area (Å²) in [6.45, 7) is 3.99. The highest BCUT2D eigenvalue weighted by Crippen LogP contribution is 2.45. The molecule has 0 amide bonds. The highest BCUT2D eigenvalue weighted by Gasteiger charge is 2.39. The molecule has 2 aliphatic heterocycles. The second kappa shape index (κ2) is 17.8. The molecular weight excluding hydrogens is 734 g/mol. The SMILES string of the molecule is CCCCCCCCc1ccc(B2N=c3/c(=C4/C(=O)C(c5ccc6cccc7c6c5NB(c5ccc(CCCCCCCC)cc5)N7)=C4O)ccc4cccc(c34)N2)cc1. The molecule has 0 spiro atoms. The lowest BCUT2D eigenvalue weighted by Crippen LogP contribution is -2.48. The van der Waals surface area contributed by atoms with E-state index in [0.29, 0.717) is 21.9 Å². The number of rotatable bonds is 17. The van der Waals surface area contributed by atoms with Crippen molar-refractivity contribution in [3.63, 3.8) is 0 Å². The van der Waals surface area contributed by atoms with Gasteiger partial charge in [-0.2, -0.15) is 0 Å². The van der Waals surface area contributed by atoms with Gasteiger partial charge < -0.3 is 25.7 Å². The van der Waals surface area contributed by atoms with E-state index in [0.717, 1.165) is 67.7 Å². The van der Waals surface area contributed by atoms with E-state index in [4.69, 9.17) is 4.90 Å². The fourth-order valence-corrected chi connectivity index (χ4v) is 9.51. The lowest BCUT2D eigenvalue weighted by Gasteiger charge is -2.31. The summed E-state index contributed by atoms with van der Waals surface area (Å²) in [5.74, 6) is -0.157. The van der Waals surface area contributed by atoms with Crippen molar-refractivity contribution in [3.05, 3.63) is 142 Å². The van der Waals surface area contributed by atoms with Gasteiger partial charge in [0.05, 0.1) is 16.5 Å². The Bertz CT molecular complexity index is 2710. The van der Waals surface area contributed by atoms with Gasteiger partial charge in [-0.1, -0.05) is 175 Å². The van der Waals surface area contributed by atoms with Crippen LogP contribution in [0.25, 0.3) is 32.7 Å². The Morgan fingerprint density at radius 3 is 1.75 bits per heavy atom. The number of hydrogen-bond acceptors (Lipinski definition) is 6. The van der Waals surface area contributed by atoms with Gasteiger partial charge in [0.25, 0.3) is 0 Å². The molecule has 0 saturated heterocycles. The van der Waals surface area contributed by atoms with Gasteiger partial charge in [0, 0.05) is 38.6 Å². The number of benzene rings is 6. The van der Waals surface area contributed by atoms with Crippen LogP contribution in [0, 0.1) is 0 Å². The van der Waals surface area contributed by atoms with Crippen LogP contribution < -0.4 is 37.2 Å². The van der Waals surface area contributed by atoms with Gasteiger partial charge in [0.1, 0.15) is 5.76 Å². The van der Waals surface area contributed by atoms with Crippen molar-refractivity contribution >= 4 is 80.4 Å². The molecule has 0 saturated carbocycles. The van der Waals surface area contributed by atoms with Crippen molar-refractivity contribution in [1.82, 2.24) is 0 Å². The van der Waals surface area contributed by atoms with E-state index in [-0.39, 0.29) is 25.5 Å². The summed E-state index contributed by atoms with van der Waals surface area (Å²) < 4.78 is 0. The molecule has 2 heterocycles. The molecule has 9 rings (SSSR count). The van der Waals surface area contributed by atoms with Crippen LogP contribution in [0.2, 0.25) is 0 Å². The van der Waals surface area contributed by atoms with Crippen molar-refractivity contribution in [3.8, 4) is 0 Å². The number of carbonyl (C=O) groups excluding carboxylic acids is 1. The summed E-state index contributed by atoms with van der Waals surface area (Å²) in [5, 5.41) is 28.6. The third kappa shape index (κ3) is 7.85. The normalized spacial score (nSPS) is 15.1. The summed E-state index contributed by atoms with van der Waals surface area (Å²) in [6, 6.07) is 38.2. The zero-order valence-electron chi connectivity index (χ0n) is 35.2. The van der Waals surface area contributed by atoms with Crippen LogP contribution in [0.4, 0.5) is 17.1 Å². The zero-order valence-corrected chi connectivity index (χ0v) is 35.2. The van der Waals surface area contributed by atoms with E-state index in [2.05, 4.69) is 114 Å². The number of nitrogens with zero attached hydrogens (tertiary/aromatic N) is 1. The lowest BCUT2D eigenvalue weighted by atomic mass is 9.65. The van der Waals surface area contributed by atoms with Gasteiger partial charge >= 0.3 is 14.0 Å². The number of carbonyl (C=O) groups is 1. The monoisotopic (exact) mass is 790 g/mol. The van der Waals surface area contributed by atoms with Crippen molar-refractivity contribution in [2.75, 3.05) is 15.7 Å². The Morgan fingerprint density at radius 2 is 1.12 bits per heavy atom. The average molecular weight is 791 g/mol. The van der Waals surface area contributed by atoms with Crippen LogP contribution in [0.1, 0.15) is 108 Å². The molecule has 8 heteroatoms. The molecule has 3 aliphatic rings. The second-order valence-corrected chi connectivity index (χ2v) is 17.1. The number of allylic oxidation sites excluding steroid dienone is 2. The molecule has 4 N–H and O–H groups in total. The fraction of sp³-hybridized carbons (Fsp3) is 0.308. The van der Waals surface area contributed by atoms with Crippen LogP contribution in [-0.2, 0) is 17.6 Å². The maximum absolute atomic E-state index is 14.5. The van der Waals surface area contributed by atoms with Crippen molar-refractivity contribution in [2.45, 2.75) is 104 Å². The maximum atomic E-state index is 14.5. The number of hydrogen-bond donors (Lipinski definition) is 4. The molecule has 0 unspecified atom stereocenters. The molecule has 6 aromatic carbocycles. The van der Waals surface area contributed by atoms with E-state index in [1.807, 2.05) is 24.3 Å². The number of unbranched alkanes of at least 4 members (excludes halogenated alkanes) is 10. The van der Waals surface area contributed by atoms with E-state index >= 15 is 0 Å². The maximum Gasteiger partial charge on any atom is 0.427 e. The smallest absolute Gasteiger partial charge is 0.427 e. The first kappa shape index (κ1) is 39.7. The number of Topliss-reactive ketones (excluding diaryl/α,β-unsaturated/α-hetero) is 1. The lowest BCUT2D eigenvalue weighted by molar-refractivity contribution is -0.109. The van der Waals surface area contributed by atoms with Gasteiger partial charge in [-0.05, 0) is 70.6 Å². The van der Waals surface area contributed by atoms with E-state index < -0.39 is 0 Å². The molecule has 1 aliphatic carbocycles. The summed E-state index contributed by atoms with van der Waals surface area (Å²) in [5.41, 5.74) is 9.09. The predicted octanol–water partition coefficient (Wildman–Crippen LogP) is 10.2. The van der Waals surface area contributed by atoms with Crippen LogP contribution in [-0.4, -0.2) is 24.9 Å². The summed E-state index contributed by atoms with van der Waals surface area (Å²) in [4.78, 5) is 19.8.